The van der Waals surface area contributed by atoms with E-state index in [4.69, 9.17) is 9.47 Å². The number of ether oxygens (including phenoxy) is 2. The van der Waals surface area contributed by atoms with Gasteiger partial charge in [0, 0.05) is 12.1 Å². The van der Waals surface area contributed by atoms with Gasteiger partial charge < -0.3 is 19.9 Å². The number of nitrogens with zero attached hydrogens (tertiary/aromatic N) is 1. The molecule has 13 heteroatoms. The number of nitrogens with one attached hydrogen (secondary N) is 1. The summed E-state index contributed by atoms with van der Waals surface area (Å²) in [5, 5.41) is 12.6. The van der Waals surface area contributed by atoms with E-state index in [1.807, 2.05) is 6.92 Å². The fourth-order valence-corrected chi connectivity index (χ4v) is 5.35. The molecular weight excluding hydrogens is 618 g/mol. The van der Waals surface area contributed by atoms with E-state index in [1.165, 1.54) is 0 Å². The van der Waals surface area contributed by atoms with Gasteiger partial charge in [0.2, 0.25) is 0 Å². The van der Waals surface area contributed by atoms with Crippen molar-refractivity contribution in [3.8, 4) is 22.6 Å². The van der Waals surface area contributed by atoms with Crippen molar-refractivity contribution in [3.05, 3.63) is 83.4 Å². The van der Waals surface area contributed by atoms with Crippen molar-refractivity contribution in [1.29, 1.82) is 0 Å². The number of benzene rings is 3. The van der Waals surface area contributed by atoms with Crippen LogP contribution in [0.2, 0.25) is 0 Å². The van der Waals surface area contributed by atoms with Gasteiger partial charge in [-0.05, 0) is 73.2 Å². The maximum Gasteiger partial charge on any atom is 0.430 e. The Morgan fingerprint density at radius 3 is 2.00 bits per heavy atom. The van der Waals surface area contributed by atoms with Crippen LogP contribution in [-0.2, 0) is 22.4 Å². The number of aryl methyl sites for hydroxylation is 1. The Kier molecular flexibility index (Phi) is 9.95. The van der Waals surface area contributed by atoms with E-state index < -0.39 is 41.0 Å². The number of urea groups is 1. The number of hydrogen-bond donors (Lipinski definition) is 2. The predicted molar refractivity (Wildman–Crippen MR) is 157 cm³/mol. The summed E-state index contributed by atoms with van der Waals surface area (Å²) >= 11 is 0. The number of halogens is 6. The minimum Gasteiger partial charge on any atom is -0.494 e. The lowest BCUT2D eigenvalue weighted by Gasteiger charge is -2.33. The molecule has 3 aromatic rings. The standard InChI is InChI=1S/C33H34F6N2O5/c1-4-7-22-20-24(31(44,32(34,35)36)33(37,38)39)12-17-27(22)21-8-13-26(14-9-21)46-19-6-18-41-28(42)30(3,40-29(41)43)23-10-15-25(16-11-23)45-5-2/h8-17,20,44H,4-7,18-19H2,1-3H3,(H,40,43). The number of rotatable bonds is 12. The number of hydrogen-bond acceptors (Lipinski definition) is 5. The van der Waals surface area contributed by atoms with E-state index >= 15 is 0 Å². The third-order valence-corrected chi connectivity index (χ3v) is 7.84. The largest absolute Gasteiger partial charge is 0.494 e. The lowest BCUT2D eigenvalue weighted by Crippen LogP contribution is -2.53. The van der Waals surface area contributed by atoms with E-state index in [0.717, 1.165) is 17.0 Å². The van der Waals surface area contributed by atoms with Crippen LogP contribution in [0.3, 0.4) is 0 Å². The minimum absolute atomic E-state index is 0.101. The van der Waals surface area contributed by atoms with Gasteiger partial charge in [-0.3, -0.25) is 9.69 Å². The van der Waals surface area contributed by atoms with Gasteiger partial charge >= 0.3 is 18.4 Å². The lowest BCUT2D eigenvalue weighted by molar-refractivity contribution is -0.376. The number of carbonyl (C=O) groups excluding carboxylic acids is 2. The average Bonchev–Trinajstić information content (AvgIpc) is 3.22. The molecule has 0 bridgehead atoms. The number of amides is 3. The van der Waals surface area contributed by atoms with E-state index in [9.17, 15) is 41.0 Å². The number of imide groups is 1. The van der Waals surface area contributed by atoms with Crippen molar-refractivity contribution >= 4 is 11.9 Å². The SMILES string of the molecule is CCCc1cc(C(O)(C(F)(F)F)C(F)(F)F)ccc1-c1ccc(OCCCN2C(=O)NC(C)(c3ccc(OCC)cc3)C2=O)cc1. The highest BCUT2D eigenvalue weighted by Crippen LogP contribution is 2.50. The van der Waals surface area contributed by atoms with Crippen molar-refractivity contribution in [2.24, 2.45) is 0 Å². The molecule has 1 saturated heterocycles. The summed E-state index contributed by atoms with van der Waals surface area (Å²) in [5.41, 5.74) is -5.77. The molecule has 3 aromatic carbocycles. The van der Waals surface area contributed by atoms with E-state index in [-0.39, 0.29) is 25.1 Å². The van der Waals surface area contributed by atoms with Gasteiger partial charge in [-0.15, -0.1) is 0 Å². The molecule has 2 N–H and O–H groups in total. The Bertz CT molecular complexity index is 1530. The maximum absolute atomic E-state index is 13.4. The molecule has 0 aliphatic carbocycles. The Labute approximate surface area is 262 Å². The number of aliphatic hydroxyl groups is 1. The Balaban J connectivity index is 1.40. The molecule has 3 amide bonds. The molecule has 0 radical (unpaired) electrons. The van der Waals surface area contributed by atoms with Crippen molar-refractivity contribution in [1.82, 2.24) is 10.2 Å². The first-order valence-corrected chi connectivity index (χ1v) is 14.7. The van der Waals surface area contributed by atoms with Gasteiger partial charge in [0.25, 0.3) is 11.5 Å². The van der Waals surface area contributed by atoms with Crippen molar-refractivity contribution < 1.29 is 50.5 Å². The van der Waals surface area contributed by atoms with Gasteiger partial charge in [0.05, 0.1) is 13.2 Å². The molecule has 1 fully saturated rings. The molecule has 7 nitrogen and oxygen atoms in total. The van der Waals surface area contributed by atoms with Crippen molar-refractivity contribution in [2.45, 2.75) is 63.5 Å². The quantitative estimate of drug-likeness (QED) is 0.122. The molecule has 0 aromatic heterocycles. The summed E-state index contributed by atoms with van der Waals surface area (Å²) in [5.74, 6) is 0.675. The third-order valence-electron chi connectivity index (χ3n) is 7.84. The smallest absolute Gasteiger partial charge is 0.430 e. The van der Waals surface area contributed by atoms with E-state index in [0.29, 0.717) is 53.7 Å². The molecular formula is C33H34F6N2O5. The average molecular weight is 653 g/mol. The van der Waals surface area contributed by atoms with Crippen LogP contribution in [0.25, 0.3) is 11.1 Å². The Morgan fingerprint density at radius 1 is 0.848 bits per heavy atom. The highest BCUT2D eigenvalue weighted by atomic mass is 19.4. The van der Waals surface area contributed by atoms with Crippen molar-refractivity contribution in [2.75, 3.05) is 19.8 Å². The van der Waals surface area contributed by atoms with Crippen LogP contribution in [-0.4, -0.2) is 54.1 Å². The molecule has 1 atom stereocenters. The van der Waals surface area contributed by atoms with Gasteiger partial charge in [-0.2, -0.15) is 26.3 Å². The van der Waals surface area contributed by atoms with Crippen LogP contribution in [0.4, 0.5) is 31.1 Å². The van der Waals surface area contributed by atoms with Crippen LogP contribution in [0.1, 0.15) is 50.3 Å². The topological polar surface area (TPSA) is 88.1 Å². The number of alkyl halides is 6. The van der Waals surface area contributed by atoms with Gasteiger partial charge in [0.15, 0.2) is 0 Å². The van der Waals surface area contributed by atoms with Gasteiger partial charge in [-0.25, -0.2) is 4.79 Å². The predicted octanol–water partition coefficient (Wildman–Crippen LogP) is 7.25. The zero-order valence-electron chi connectivity index (χ0n) is 25.4. The number of carbonyl (C=O) groups is 2. The Morgan fingerprint density at radius 2 is 1.43 bits per heavy atom. The third kappa shape index (κ3) is 6.64. The first-order valence-electron chi connectivity index (χ1n) is 14.7. The van der Waals surface area contributed by atoms with Crippen LogP contribution < -0.4 is 14.8 Å². The summed E-state index contributed by atoms with van der Waals surface area (Å²) in [6.45, 7) is 5.97. The lowest BCUT2D eigenvalue weighted by atomic mass is 9.87. The molecule has 4 rings (SSSR count). The molecule has 1 heterocycles. The molecule has 46 heavy (non-hydrogen) atoms. The molecule has 248 valence electrons. The zero-order chi connectivity index (χ0) is 33.9. The van der Waals surface area contributed by atoms with Crippen molar-refractivity contribution in [3.63, 3.8) is 0 Å². The second-order valence-electron chi connectivity index (χ2n) is 11.0. The van der Waals surface area contributed by atoms with Gasteiger partial charge in [0.1, 0.15) is 17.0 Å². The van der Waals surface area contributed by atoms with Crippen LogP contribution in [0.15, 0.2) is 66.7 Å². The normalized spacial score (nSPS) is 17.3. The maximum atomic E-state index is 13.4. The van der Waals surface area contributed by atoms with Crippen LogP contribution in [0, 0.1) is 0 Å². The van der Waals surface area contributed by atoms with E-state index in [1.54, 1.807) is 62.4 Å². The molecule has 0 spiro atoms. The fraction of sp³-hybridized carbons (Fsp3) is 0.394. The minimum atomic E-state index is -5.98. The van der Waals surface area contributed by atoms with Crippen LogP contribution >= 0.6 is 0 Å². The van der Waals surface area contributed by atoms with Gasteiger partial charge in [-0.1, -0.05) is 55.8 Å². The molecule has 1 aliphatic rings. The summed E-state index contributed by atoms with van der Waals surface area (Å²) in [6, 6.07) is 15.3. The zero-order valence-corrected chi connectivity index (χ0v) is 25.4. The summed E-state index contributed by atoms with van der Waals surface area (Å²) < 4.78 is 91.8. The molecule has 1 unspecified atom stereocenters. The fourth-order valence-electron chi connectivity index (χ4n) is 5.35. The highest BCUT2D eigenvalue weighted by Gasteiger charge is 2.71. The molecule has 0 saturated carbocycles. The van der Waals surface area contributed by atoms with Crippen LogP contribution in [0.5, 0.6) is 11.5 Å². The second-order valence-corrected chi connectivity index (χ2v) is 11.0. The first kappa shape index (κ1) is 34.6. The summed E-state index contributed by atoms with van der Waals surface area (Å²) in [7, 11) is 0. The monoisotopic (exact) mass is 652 g/mol. The highest BCUT2D eigenvalue weighted by molar-refractivity contribution is 6.07. The second kappa shape index (κ2) is 13.2. The Hall–Kier alpha value is -4.26. The first-order chi connectivity index (χ1) is 21.6. The molecule has 1 aliphatic heterocycles. The summed E-state index contributed by atoms with van der Waals surface area (Å²) in [4.78, 5) is 26.9. The summed E-state index contributed by atoms with van der Waals surface area (Å²) in [6.07, 6.45) is -11.0. The van der Waals surface area contributed by atoms with E-state index in [2.05, 4.69) is 5.32 Å².